The van der Waals surface area contributed by atoms with Gasteiger partial charge < -0.3 is 0 Å². The molecule has 0 aliphatic rings. The minimum atomic E-state index is -0.226. The van der Waals surface area contributed by atoms with Crippen LogP contribution in [0.4, 0.5) is 0 Å². The van der Waals surface area contributed by atoms with Gasteiger partial charge in [-0.1, -0.05) is 29.8 Å². The number of aryl methyl sites for hydroxylation is 2. The summed E-state index contributed by atoms with van der Waals surface area (Å²) in [5.41, 5.74) is 5.91. The highest BCUT2D eigenvalue weighted by Gasteiger charge is 2.12. The standard InChI is InChI=1S/C16H21N3OS/c1-11-4-6-13(7-5-11)9-19(3)10-14-8-15(16(20)18-17)21-12(14)2/h4-8H,9-10,17H2,1-3H3,(H,18,20). The van der Waals surface area contributed by atoms with Crippen LogP contribution in [0.5, 0.6) is 0 Å². The molecule has 0 radical (unpaired) electrons. The van der Waals surface area contributed by atoms with Gasteiger partial charge >= 0.3 is 0 Å². The van der Waals surface area contributed by atoms with Crippen molar-refractivity contribution < 1.29 is 4.79 Å². The number of rotatable bonds is 5. The third-order valence-electron chi connectivity index (χ3n) is 3.39. The maximum absolute atomic E-state index is 11.5. The molecule has 1 amide bonds. The maximum Gasteiger partial charge on any atom is 0.275 e. The van der Waals surface area contributed by atoms with Gasteiger partial charge in [-0.05, 0) is 38.1 Å². The Morgan fingerprint density at radius 1 is 1.24 bits per heavy atom. The lowest BCUT2D eigenvalue weighted by molar-refractivity contribution is 0.0957. The summed E-state index contributed by atoms with van der Waals surface area (Å²) >= 11 is 1.48. The summed E-state index contributed by atoms with van der Waals surface area (Å²) in [5, 5.41) is 0. The predicted octanol–water partition coefficient (Wildman–Crippen LogP) is 2.60. The molecular formula is C16H21N3OS. The van der Waals surface area contributed by atoms with Gasteiger partial charge in [-0.15, -0.1) is 11.3 Å². The van der Waals surface area contributed by atoms with Crippen LogP contribution in [-0.4, -0.2) is 17.9 Å². The van der Waals surface area contributed by atoms with E-state index in [0.717, 1.165) is 18.0 Å². The quantitative estimate of drug-likeness (QED) is 0.507. The highest BCUT2D eigenvalue weighted by molar-refractivity contribution is 7.14. The van der Waals surface area contributed by atoms with Crippen LogP contribution in [0.25, 0.3) is 0 Å². The number of carbonyl (C=O) groups excluding carboxylic acids is 1. The lowest BCUT2D eigenvalue weighted by Crippen LogP contribution is -2.29. The van der Waals surface area contributed by atoms with Crippen LogP contribution in [0.1, 0.15) is 31.2 Å². The summed E-state index contributed by atoms with van der Waals surface area (Å²) in [6.45, 7) is 5.82. The van der Waals surface area contributed by atoms with E-state index in [9.17, 15) is 4.79 Å². The van der Waals surface area contributed by atoms with Gasteiger partial charge in [-0.2, -0.15) is 0 Å². The highest BCUT2D eigenvalue weighted by atomic mass is 32.1. The Kier molecular flexibility index (Phi) is 5.12. The predicted molar refractivity (Wildman–Crippen MR) is 87.1 cm³/mol. The molecule has 1 aromatic carbocycles. The largest absolute Gasteiger partial charge is 0.298 e. The molecule has 1 heterocycles. The number of nitrogens with one attached hydrogen (secondary N) is 1. The Morgan fingerprint density at radius 2 is 1.90 bits per heavy atom. The van der Waals surface area contributed by atoms with E-state index in [1.54, 1.807) is 0 Å². The SMILES string of the molecule is Cc1ccc(CN(C)Cc2cc(C(=O)NN)sc2C)cc1. The van der Waals surface area contributed by atoms with Crippen molar-refractivity contribution in [1.29, 1.82) is 0 Å². The Balaban J connectivity index is 2.02. The average molecular weight is 303 g/mol. The molecule has 0 atom stereocenters. The molecule has 21 heavy (non-hydrogen) atoms. The van der Waals surface area contributed by atoms with Crippen LogP contribution in [-0.2, 0) is 13.1 Å². The Labute approximate surface area is 129 Å². The van der Waals surface area contributed by atoms with E-state index in [1.807, 2.05) is 13.0 Å². The van der Waals surface area contributed by atoms with Gasteiger partial charge in [0.1, 0.15) is 0 Å². The molecule has 5 heteroatoms. The van der Waals surface area contributed by atoms with E-state index in [0.29, 0.717) is 4.88 Å². The van der Waals surface area contributed by atoms with E-state index in [-0.39, 0.29) is 5.91 Å². The van der Waals surface area contributed by atoms with Crippen molar-refractivity contribution in [2.45, 2.75) is 26.9 Å². The van der Waals surface area contributed by atoms with E-state index < -0.39 is 0 Å². The number of hydrogen-bond donors (Lipinski definition) is 2. The van der Waals surface area contributed by atoms with Crippen molar-refractivity contribution in [2.24, 2.45) is 5.84 Å². The van der Waals surface area contributed by atoms with Gasteiger partial charge in [0.05, 0.1) is 4.88 Å². The normalized spacial score (nSPS) is 10.9. The van der Waals surface area contributed by atoms with Gasteiger partial charge in [0, 0.05) is 18.0 Å². The fraction of sp³-hybridized carbons (Fsp3) is 0.312. The second-order valence-corrected chi connectivity index (χ2v) is 6.58. The first-order valence-electron chi connectivity index (χ1n) is 6.84. The minimum absolute atomic E-state index is 0.226. The summed E-state index contributed by atoms with van der Waals surface area (Å²) in [6.07, 6.45) is 0. The maximum atomic E-state index is 11.5. The van der Waals surface area contributed by atoms with Crippen LogP contribution in [0.2, 0.25) is 0 Å². The molecule has 1 aromatic heterocycles. The second-order valence-electron chi connectivity index (χ2n) is 5.32. The first kappa shape index (κ1) is 15.7. The molecule has 0 bridgehead atoms. The Morgan fingerprint density at radius 3 is 2.52 bits per heavy atom. The first-order chi connectivity index (χ1) is 9.99. The van der Waals surface area contributed by atoms with E-state index in [2.05, 4.69) is 48.6 Å². The number of nitrogen functional groups attached to an aromatic ring is 1. The number of hydrogen-bond acceptors (Lipinski definition) is 4. The summed E-state index contributed by atoms with van der Waals surface area (Å²) in [7, 11) is 2.08. The number of carbonyl (C=O) groups is 1. The summed E-state index contributed by atoms with van der Waals surface area (Å²) in [5.74, 6) is 4.95. The molecule has 0 saturated carbocycles. The monoisotopic (exact) mass is 303 g/mol. The topological polar surface area (TPSA) is 58.4 Å². The minimum Gasteiger partial charge on any atom is -0.298 e. The Hall–Kier alpha value is -1.69. The average Bonchev–Trinajstić information content (AvgIpc) is 2.82. The number of benzene rings is 1. The van der Waals surface area contributed by atoms with Crippen molar-refractivity contribution in [3.8, 4) is 0 Å². The van der Waals surface area contributed by atoms with Crippen LogP contribution in [0.15, 0.2) is 30.3 Å². The summed E-state index contributed by atoms with van der Waals surface area (Å²) in [6, 6.07) is 10.5. The number of thiophene rings is 1. The molecule has 0 fully saturated rings. The molecule has 2 aromatic rings. The second kappa shape index (κ2) is 6.85. The van der Waals surface area contributed by atoms with Gasteiger partial charge in [0.25, 0.3) is 5.91 Å². The van der Waals surface area contributed by atoms with Crippen LogP contribution in [0.3, 0.4) is 0 Å². The van der Waals surface area contributed by atoms with Crippen molar-refractivity contribution >= 4 is 17.2 Å². The molecule has 112 valence electrons. The third kappa shape index (κ3) is 4.14. The van der Waals surface area contributed by atoms with Crippen molar-refractivity contribution in [2.75, 3.05) is 7.05 Å². The molecular weight excluding hydrogens is 282 g/mol. The van der Waals surface area contributed by atoms with Crippen molar-refractivity contribution in [1.82, 2.24) is 10.3 Å². The molecule has 0 saturated heterocycles. The number of nitrogens with zero attached hydrogens (tertiary/aromatic N) is 1. The summed E-state index contributed by atoms with van der Waals surface area (Å²) < 4.78 is 0. The van der Waals surface area contributed by atoms with E-state index in [4.69, 9.17) is 5.84 Å². The van der Waals surface area contributed by atoms with E-state index in [1.165, 1.54) is 28.0 Å². The van der Waals surface area contributed by atoms with Gasteiger partial charge in [-0.25, -0.2) is 5.84 Å². The molecule has 4 nitrogen and oxygen atoms in total. The molecule has 0 aliphatic heterocycles. The molecule has 0 unspecified atom stereocenters. The molecule has 3 N–H and O–H groups in total. The summed E-state index contributed by atoms with van der Waals surface area (Å²) in [4.78, 5) is 15.6. The fourth-order valence-corrected chi connectivity index (χ4v) is 3.15. The zero-order valence-corrected chi connectivity index (χ0v) is 13.5. The highest BCUT2D eigenvalue weighted by Crippen LogP contribution is 2.23. The first-order valence-corrected chi connectivity index (χ1v) is 7.65. The van der Waals surface area contributed by atoms with Crippen molar-refractivity contribution in [3.05, 3.63) is 56.8 Å². The van der Waals surface area contributed by atoms with Gasteiger partial charge in [0.2, 0.25) is 0 Å². The van der Waals surface area contributed by atoms with Crippen LogP contribution in [0, 0.1) is 13.8 Å². The van der Waals surface area contributed by atoms with Crippen LogP contribution < -0.4 is 11.3 Å². The van der Waals surface area contributed by atoms with E-state index >= 15 is 0 Å². The number of amides is 1. The van der Waals surface area contributed by atoms with Gasteiger partial charge in [-0.3, -0.25) is 15.1 Å². The lowest BCUT2D eigenvalue weighted by atomic mass is 10.1. The lowest BCUT2D eigenvalue weighted by Gasteiger charge is -2.16. The zero-order valence-electron chi connectivity index (χ0n) is 12.6. The molecule has 0 aliphatic carbocycles. The van der Waals surface area contributed by atoms with Crippen LogP contribution >= 0.6 is 11.3 Å². The molecule has 0 spiro atoms. The number of nitrogens with two attached hydrogens (primary N) is 1. The Bertz CT molecular complexity index is 619. The fourth-order valence-electron chi connectivity index (χ4n) is 2.21. The third-order valence-corrected chi connectivity index (χ3v) is 4.48. The van der Waals surface area contributed by atoms with Crippen molar-refractivity contribution in [3.63, 3.8) is 0 Å². The smallest absolute Gasteiger partial charge is 0.275 e. The molecule has 2 rings (SSSR count). The zero-order chi connectivity index (χ0) is 15.4. The number of hydrazine groups is 1. The van der Waals surface area contributed by atoms with Gasteiger partial charge in [0.15, 0.2) is 0 Å².